The van der Waals surface area contributed by atoms with Crippen LogP contribution in [-0.2, 0) is 33.2 Å². The number of benzene rings is 1. The van der Waals surface area contributed by atoms with Gasteiger partial charge in [-0.2, -0.15) is 0 Å². The predicted molar refractivity (Wildman–Crippen MR) is 82.7 cm³/mol. The molecule has 1 aromatic carbocycles. The summed E-state index contributed by atoms with van der Waals surface area (Å²) in [4.78, 5) is 35.5. The van der Waals surface area contributed by atoms with Crippen molar-refractivity contribution >= 4 is 18.1 Å². The maximum absolute atomic E-state index is 12.4. The molecule has 0 bridgehead atoms. The lowest BCUT2D eigenvalue weighted by molar-refractivity contribution is -0.111. The minimum absolute atomic E-state index is 0.00479. The molecule has 0 amide bonds. The van der Waals surface area contributed by atoms with Gasteiger partial charge in [0.2, 0.25) is 12.6 Å². The second kappa shape index (κ2) is 7.51. The smallest absolute Gasteiger partial charge is 0.459 e. The molecule has 144 valence electrons. The lowest BCUT2D eigenvalue weighted by atomic mass is 10.1. The molecule has 0 N–H and O–H groups in total. The number of carbonyl (C=O) groups excluding carboxylic acids is 3. The Bertz CT molecular complexity index is 747. The van der Waals surface area contributed by atoms with E-state index >= 15 is 0 Å². The van der Waals surface area contributed by atoms with Gasteiger partial charge in [0.05, 0.1) is 17.7 Å². The number of ether oxygens (including phenoxy) is 7. The highest BCUT2D eigenvalue weighted by molar-refractivity contribution is 6.03. The molecule has 0 aliphatic carbocycles. The third kappa shape index (κ3) is 4.18. The average molecular weight is 380 g/mol. The van der Waals surface area contributed by atoms with Crippen molar-refractivity contribution < 1.29 is 47.5 Å². The van der Waals surface area contributed by atoms with E-state index in [1.807, 2.05) is 0 Å². The molecule has 3 heterocycles. The number of epoxide rings is 1. The molecule has 10 heteroatoms. The van der Waals surface area contributed by atoms with E-state index in [0.717, 1.165) is 0 Å². The van der Waals surface area contributed by atoms with Crippen LogP contribution in [0.3, 0.4) is 0 Å². The largest absolute Gasteiger partial charge is 0.508 e. The summed E-state index contributed by atoms with van der Waals surface area (Å²) in [5, 5.41) is 0. The number of cyclic esters (lactones) is 2. The van der Waals surface area contributed by atoms with Gasteiger partial charge >= 0.3 is 18.1 Å². The number of hydrogen-bond donors (Lipinski definition) is 0. The first kappa shape index (κ1) is 17.7. The highest BCUT2D eigenvalue weighted by atomic mass is 16.9. The van der Waals surface area contributed by atoms with Crippen LogP contribution in [0.5, 0.6) is 0 Å². The van der Waals surface area contributed by atoms with Gasteiger partial charge < -0.3 is 33.2 Å². The molecule has 1 aromatic rings. The molecular formula is C17H16O10. The third-order valence-corrected chi connectivity index (χ3v) is 4.00. The number of esters is 2. The van der Waals surface area contributed by atoms with E-state index < -0.39 is 36.6 Å². The average Bonchev–Trinajstić information content (AvgIpc) is 3.35. The highest BCUT2D eigenvalue weighted by Crippen LogP contribution is 2.30. The van der Waals surface area contributed by atoms with Crippen LogP contribution in [0.25, 0.3) is 0 Å². The first-order valence-electron chi connectivity index (χ1n) is 8.29. The second-order valence-electron chi connectivity index (χ2n) is 6.01. The lowest BCUT2D eigenvalue weighted by Gasteiger charge is -2.19. The molecular weight excluding hydrogens is 364 g/mol. The van der Waals surface area contributed by atoms with E-state index in [0.29, 0.717) is 0 Å². The highest BCUT2D eigenvalue weighted by Gasteiger charge is 2.47. The van der Waals surface area contributed by atoms with Gasteiger partial charge in [0, 0.05) is 0 Å². The molecule has 4 unspecified atom stereocenters. The van der Waals surface area contributed by atoms with Gasteiger partial charge in [0.1, 0.15) is 25.9 Å². The Morgan fingerprint density at radius 3 is 2.19 bits per heavy atom. The minimum Gasteiger partial charge on any atom is -0.459 e. The van der Waals surface area contributed by atoms with E-state index in [1.165, 1.54) is 12.1 Å². The summed E-state index contributed by atoms with van der Waals surface area (Å²) in [6.45, 7) is 0.0407. The molecule has 0 saturated carbocycles. The molecule has 0 radical (unpaired) electrons. The van der Waals surface area contributed by atoms with Crippen LogP contribution in [0.1, 0.15) is 20.7 Å². The van der Waals surface area contributed by atoms with Crippen LogP contribution in [0.4, 0.5) is 4.79 Å². The maximum Gasteiger partial charge on any atom is 0.508 e. The van der Waals surface area contributed by atoms with Crippen LogP contribution >= 0.6 is 0 Å². The standard InChI is InChI=1S/C17H16O10/c18-13(21-5-9-7-23-15-16(25-9)27-15)11-3-1-2-4-12(11)14(19)22-6-10-8-24-17(20)26-10/h1-4,9-10,15-16H,5-8H2. The number of hydrogen-bond acceptors (Lipinski definition) is 10. The molecule has 0 aromatic heterocycles. The van der Waals surface area contributed by atoms with Gasteiger partial charge in [-0.05, 0) is 12.1 Å². The van der Waals surface area contributed by atoms with Gasteiger partial charge in [0.15, 0.2) is 6.10 Å². The van der Waals surface area contributed by atoms with Crippen molar-refractivity contribution in [2.75, 3.05) is 26.4 Å². The zero-order chi connectivity index (χ0) is 18.8. The summed E-state index contributed by atoms with van der Waals surface area (Å²) in [7, 11) is 0. The van der Waals surface area contributed by atoms with Gasteiger partial charge in [0.25, 0.3) is 0 Å². The van der Waals surface area contributed by atoms with E-state index in [1.54, 1.807) is 12.1 Å². The molecule has 3 saturated heterocycles. The number of carbonyl (C=O) groups is 3. The summed E-state index contributed by atoms with van der Waals surface area (Å²) in [5.41, 5.74) is 0.0959. The molecule has 4 rings (SSSR count). The zero-order valence-corrected chi connectivity index (χ0v) is 14.0. The fraction of sp³-hybridized carbons (Fsp3) is 0.471. The van der Waals surface area contributed by atoms with Crippen molar-refractivity contribution in [1.29, 1.82) is 0 Å². The predicted octanol–water partition coefficient (Wildman–Crippen LogP) is 0.633. The fourth-order valence-corrected chi connectivity index (χ4v) is 2.60. The van der Waals surface area contributed by atoms with Crippen LogP contribution in [0.15, 0.2) is 24.3 Å². The normalized spacial score (nSPS) is 28.5. The molecule has 10 nitrogen and oxygen atoms in total. The van der Waals surface area contributed by atoms with Crippen LogP contribution in [0, 0.1) is 0 Å². The van der Waals surface area contributed by atoms with Gasteiger partial charge in [-0.1, -0.05) is 12.1 Å². The van der Waals surface area contributed by atoms with Crippen molar-refractivity contribution in [2.45, 2.75) is 24.8 Å². The van der Waals surface area contributed by atoms with Crippen LogP contribution < -0.4 is 0 Å². The van der Waals surface area contributed by atoms with Gasteiger partial charge in [-0.25, -0.2) is 14.4 Å². The summed E-state index contributed by atoms with van der Waals surface area (Å²) < 4.78 is 35.5. The zero-order valence-electron chi connectivity index (χ0n) is 14.0. The molecule has 3 aliphatic heterocycles. The molecule has 0 spiro atoms. The summed E-state index contributed by atoms with van der Waals surface area (Å²) in [6, 6.07) is 6.09. The van der Waals surface area contributed by atoms with Crippen molar-refractivity contribution in [1.82, 2.24) is 0 Å². The monoisotopic (exact) mass is 380 g/mol. The topological polar surface area (TPSA) is 119 Å². The SMILES string of the molecule is O=C1OCC(COC(=O)c2ccccc2C(=O)OCC2COC3OC3O2)O1. The Morgan fingerprint density at radius 1 is 0.926 bits per heavy atom. The summed E-state index contributed by atoms with van der Waals surface area (Å²) in [6.07, 6.45) is -2.64. The molecule has 27 heavy (non-hydrogen) atoms. The Kier molecular flexibility index (Phi) is 4.92. The Balaban J connectivity index is 1.32. The Hall–Kier alpha value is -2.69. The molecule has 4 atom stereocenters. The fourth-order valence-electron chi connectivity index (χ4n) is 2.60. The van der Waals surface area contributed by atoms with Crippen molar-refractivity contribution in [3.63, 3.8) is 0 Å². The first-order chi connectivity index (χ1) is 13.1. The second-order valence-corrected chi connectivity index (χ2v) is 6.01. The van der Waals surface area contributed by atoms with E-state index in [2.05, 4.69) is 4.74 Å². The maximum atomic E-state index is 12.4. The Labute approximate surface area is 153 Å². The van der Waals surface area contributed by atoms with Crippen LogP contribution in [0.2, 0.25) is 0 Å². The number of fused-ring (bicyclic) bond motifs is 1. The van der Waals surface area contributed by atoms with Crippen molar-refractivity contribution in [2.24, 2.45) is 0 Å². The van der Waals surface area contributed by atoms with Crippen LogP contribution in [-0.4, -0.2) is 69.3 Å². The van der Waals surface area contributed by atoms with E-state index in [4.69, 9.17) is 28.4 Å². The van der Waals surface area contributed by atoms with E-state index in [9.17, 15) is 14.4 Å². The minimum atomic E-state index is -0.808. The van der Waals surface area contributed by atoms with Gasteiger partial charge in [-0.3, -0.25) is 0 Å². The summed E-state index contributed by atoms with van der Waals surface area (Å²) >= 11 is 0. The van der Waals surface area contributed by atoms with E-state index in [-0.39, 0.29) is 43.8 Å². The third-order valence-electron chi connectivity index (χ3n) is 4.00. The summed E-state index contributed by atoms with van der Waals surface area (Å²) in [5.74, 6) is -1.43. The van der Waals surface area contributed by atoms with Crippen molar-refractivity contribution in [3.05, 3.63) is 35.4 Å². The quantitative estimate of drug-likeness (QED) is 0.395. The Morgan fingerprint density at radius 2 is 1.59 bits per heavy atom. The number of rotatable bonds is 6. The lowest BCUT2D eigenvalue weighted by Crippen LogP contribution is -2.33. The first-order valence-corrected chi connectivity index (χ1v) is 8.29. The van der Waals surface area contributed by atoms with Gasteiger partial charge in [-0.15, -0.1) is 0 Å². The molecule has 3 aliphatic rings. The molecule has 3 fully saturated rings. The van der Waals surface area contributed by atoms with Crippen molar-refractivity contribution in [3.8, 4) is 0 Å².